The van der Waals surface area contributed by atoms with Crippen LogP contribution >= 0.6 is 0 Å². The maximum atomic E-state index is 10.6. The number of allylic oxidation sites excluding steroid dienone is 2. The molecule has 0 aliphatic heterocycles. The average Bonchev–Trinajstić information content (AvgIpc) is 2.91. The number of aliphatic hydroxyl groups excluding tert-OH is 1. The van der Waals surface area contributed by atoms with E-state index in [4.69, 9.17) is 4.74 Å². The second-order valence-electron chi connectivity index (χ2n) is 7.26. The molecule has 1 fully saturated rings. The first-order chi connectivity index (χ1) is 10.7. The van der Waals surface area contributed by atoms with Crippen molar-refractivity contribution in [3.8, 4) is 0 Å². The van der Waals surface area contributed by atoms with E-state index >= 15 is 0 Å². The summed E-state index contributed by atoms with van der Waals surface area (Å²) in [4.78, 5) is 0. The van der Waals surface area contributed by atoms with Crippen LogP contribution < -0.4 is 0 Å². The molecule has 1 N–H and O–H groups in total. The molecule has 3 atom stereocenters. The van der Waals surface area contributed by atoms with Gasteiger partial charge < -0.3 is 9.84 Å². The van der Waals surface area contributed by atoms with E-state index in [1.807, 2.05) is 0 Å². The highest BCUT2D eigenvalue weighted by Crippen LogP contribution is 2.58. The first-order valence-electron chi connectivity index (χ1n) is 8.74. The first-order valence-corrected chi connectivity index (χ1v) is 8.74. The van der Waals surface area contributed by atoms with E-state index < -0.39 is 0 Å². The summed E-state index contributed by atoms with van der Waals surface area (Å²) in [6.45, 7) is 2.26. The zero-order valence-corrected chi connectivity index (χ0v) is 13.7. The molecule has 0 spiro atoms. The minimum atomic E-state index is -0.105. The van der Waals surface area contributed by atoms with Gasteiger partial charge in [0.2, 0.25) is 0 Å². The molecule has 3 aliphatic carbocycles. The third kappa shape index (κ3) is 1.83. The van der Waals surface area contributed by atoms with Gasteiger partial charge in [0.15, 0.2) is 0 Å². The van der Waals surface area contributed by atoms with Gasteiger partial charge in [-0.05, 0) is 72.8 Å². The molecule has 1 aromatic carbocycles. The Hall–Kier alpha value is -1.28. The van der Waals surface area contributed by atoms with Gasteiger partial charge in [0.25, 0.3) is 0 Å². The van der Waals surface area contributed by atoms with E-state index in [0.29, 0.717) is 5.92 Å². The Kier molecular flexibility index (Phi) is 3.34. The van der Waals surface area contributed by atoms with Crippen LogP contribution in [0.3, 0.4) is 0 Å². The van der Waals surface area contributed by atoms with E-state index in [1.54, 1.807) is 18.2 Å². The molecule has 0 radical (unpaired) electrons. The second-order valence-corrected chi connectivity index (χ2v) is 7.26. The number of hydrogen-bond acceptors (Lipinski definition) is 2. The molecule has 0 amide bonds. The molecule has 0 heterocycles. The maximum Gasteiger partial charge on any atom is 0.0962 e. The van der Waals surface area contributed by atoms with Gasteiger partial charge in [0, 0.05) is 11.8 Å². The Morgan fingerprint density at radius 2 is 2.14 bits per heavy atom. The number of ether oxygens (including phenoxy) is 1. The second kappa shape index (κ2) is 5.13. The minimum absolute atomic E-state index is 0.105. The molecule has 3 aliphatic rings. The van der Waals surface area contributed by atoms with Crippen LogP contribution in [-0.4, -0.2) is 18.3 Å². The van der Waals surface area contributed by atoms with Gasteiger partial charge in [0.05, 0.1) is 19.0 Å². The fourth-order valence-corrected chi connectivity index (χ4v) is 5.39. The van der Waals surface area contributed by atoms with Crippen LogP contribution in [0.15, 0.2) is 24.0 Å². The minimum Gasteiger partial charge on any atom is -0.501 e. The highest BCUT2D eigenvalue weighted by atomic mass is 16.5. The Morgan fingerprint density at radius 1 is 1.27 bits per heavy atom. The molecule has 2 heteroatoms. The summed E-state index contributed by atoms with van der Waals surface area (Å²) in [5.74, 6) is 1.66. The molecule has 0 saturated heterocycles. The molecule has 118 valence electrons. The highest BCUT2D eigenvalue weighted by molar-refractivity contribution is 5.49. The topological polar surface area (TPSA) is 29.5 Å². The van der Waals surface area contributed by atoms with Crippen molar-refractivity contribution in [1.29, 1.82) is 0 Å². The van der Waals surface area contributed by atoms with Crippen LogP contribution in [-0.2, 0) is 24.0 Å². The molecule has 0 aromatic heterocycles. The van der Waals surface area contributed by atoms with E-state index in [0.717, 1.165) is 50.7 Å². The van der Waals surface area contributed by atoms with Gasteiger partial charge >= 0.3 is 0 Å². The number of fused-ring (bicyclic) bond motifs is 5. The summed E-state index contributed by atoms with van der Waals surface area (Å²) < 4.78 is 5.44. The fourth-order valence-electron chi connectivity index (χ4n) is 5.39. The van der Waals surface area contributed by atoms with E-state index in [-0.39, 0.29) is 11.5 Å². The summed E-state index contributed by atoms with van der Waals surface area (Å²) in [5, 5.41) is 10.6. The lowest BCUT2D eigenvalue weighted by atomic mass is 9.62. The van der Waals surface area contributed by atoms with E-state index in [9.17, 15) is 5.11 Å². The number of benzene rings is 1. The summed E-state index contributed by atoms with van der Waals surface area (Å²) in [5.41, 5.74) is 6.26. The van der Waals surface area contributed by atoms with Crippen LogP contribution in [0.4, 0.5) is 0 Å². The third-order valence-corrected chi connectivity index (χ3v) is 6.69. The lowest BCUT2D eigenvalue weighted by Crippen LogP contribution is -2.38. The number of aliphatic hydroxyl groups is 1. The van der Waals surface area contributed by atoms with Gasteiger partial charge in [-0.15, -0.1) is 0 Å². The number of rotatable bonds is 2. The monoisotopic (exact) mass is 298 g/mol. The highest BCUT2D eigenvalue weighted by Gasteiger charge is 2.51. The quantitative estimate of drug-likeness (QED) is 0.897. The van der Waals surface area contributed by atoms with Crippen molar-refractivity contribution in [1.82, 2.24) is 0 Å². The van der Waals surface area contributed by atoms with Crippen LogP contribution in [0.2, 0.25) is 0 Å². The third-order valence-electron chi connectivity index (χ3n) is 6.69. The van der Waals surface area contributed by atoms with Gasteiger partial charge in [0.1, 0.15) is 0 Å². The SMILES string of the molecule is CC[C@]12CCc3c(ccc4c3CC=C(OC)C4)[C@@H]1CC[C@@H]2O. The Bertz CT molecular complexity index is 631. The number of methoxy groups -OCH3 is 1. The van der Waals surface area contributed by atoms with Crippen molar-refractivity contribution in [2.75, 3.05) is 7.11 Å². The smallest absolute Gasteiger partial charge is 0.0962 e. The predicted molar refractivity (Wildman–Crippen MR) is 88.0 cm³/mol. The Balaban J connectivity index is 1.77. The molecule has 1 saturated carbocycles. The van der Waals surface area contributed by atoms with Crippen molar-refractivity contribution in [3.05, 3.63) is 46.2 Å². The molecule has 1 aromatic rings. The predicted octanol–water partition coefficient (Wildman–Crippen LogP) is 3.90. The maximum absolute atomic E-state index is 10.6. The summed E-state index contributed by atoms with van der Waals surface area (Å²) >= 11 is 0. The van der Waals surface area contributed by atoms with Crippen molar-refractivity contribution >= 4 is 0 Å². The first kappa shape index (κ1) is 14.3. The summed E-state index contributed by atoms with van der Waals surface area (Å²) in [6.07, 6.45) is 9.60. The summed E-state index contributed by atoms with van der Waals surface area (Å²) in [6, 6.07) is 4.68. The van der Waals surface area contributed by atoms with E-state index in [1.165, 1.54) is 11.1 Å². The van der Waals surface area contributed by atoms with E-state index in [2.05, 4.69) is 25.1 Å². The lowest BCUT2D eigenvalue weighted by molar-refractivity contribution is 0.0275. The molecular formula is C20H26O2. The van der Waals surface area contributed by atoms with Crippen LogP contribution in [0.1, 0.15) is 60.8 Å². The van der Waals surface area contributed by atoms with Crippen molar-refractivity contribution in [2.24, 2.45) is 5.41 Å². The Labute approximate surface area is 133 Å². The molecular weight excluding hydrogens is 272 g/mol. The fraction of sp³-hybridized carbons (Fsp3) is 0.600. The van der Waals surface area contributed by atoms with Crippen molar-refractivity contribution < 1.29 is 9.84 Å². The molecule has 4 rings (SSSR count). The van der Waals surface area contributed by atoms with Gasteiger partial charge in [-0.3, -0.25) is 0 Å². The van der Waals surface area contributed by atoms with Crippen LogP contribution in [0.25, 0.3) is 0 Å². The lowest BCUT2D eigenvalue weighted by Gasteiger charge is -2.43. The zero-order chi connectivity index (χ0) is 15.3. The largest absolute Gasteiger partial charge is 0.501 e. The molecule has 2 nitrogen and oxygen atoms in total. The van der Waals surface area contributed by atoms with Gasteiger partial charge in [-0.2, -0.15) is 0 Å². The van der Waals surface area contributed by atoms with Crippen LogP contribution in [0, 0.1) is 5.41 Å². The Morgan fingerprint density at radius 3 is 2.91 bits per heavy atom. The van der Waals surface area contributed by atoms with Gasteiger partial charge in [-0.1, -0.05) is 19.1 Å². The molecule has 22 heavy (non-hydrogen) atoms. The van der Waals surface area contributed by atoms with Crippen LogP contribution in [0.5, 0.6) is 0 Å². The molecule has 0 bridgehead atoms. The summed E-state index contributed by atoms with van der Waals surface area (Å²) in [7, 11) is 1.77. The zero-order valence-electron chi connectivity index (χ0n) is 13.7. The average molecular weight is 298 g/mol. The van der Waals surface area contributed by atoms with Crippen molar-refractivity contribution in [2.45, 2.75) is 63.9 Å². The van der Waals surface area contributed by atoms with Crippen molar-refractivity contribution in [3.63, 3.8) is 0 Å². The molecule has 0 unspecified atom stereocenters. The van der Waals surface area contributed by atoms with Gasteiger partial charge in [-0.25, -0.2) is 0 Å². The normalized spacial score (nSPS) is 32.8. The number of hydrogen-bond donors (Lipinski definition) is 1. The standard InChI is InChI=1S/C20H26O2/c1-3-20-11-10-16-15-7-5-14(22-2)12-13(15)4-6-17(16)18(20)8-9-19(20)21/h4-6,18-19,21H,3,7-12H2,1-2H3/t18-,19-,20-/m0/s1.